The lowest BCUT2D eigenvalue weighted by molar-refractivity contribution is -0.120. The van der Waals surface area contributed by atoms with Crippen LogP contribution in [-0.4, -0.2) is 18.7 Å². The van der Waals surface area contributed by atoms with Crippen LogP contribution in [-0.2, 0) is 16.1 Å². The average molecular weight is 310 g/mol. The molecule has 0 aliphatic carbocycles. The van der Waals surface area contributed by atoms with Crippen molar-refractivity contribution >= 4 is 17.8 Å². The lowest BCUT2D eigenvalue weighted by atomic mass is 10.1. The highest BCUT2D eigenvalue weighted by Crippen LogP contribution is 2.11. The Labute approximate surface area is 137 Å². The number of hydrogen-bond acceptors (Lipinski definition) is 3. The quantitative estimate of drug-likeness (QED) is 0.622. The topological polar surface area (TPSA) is 50.7 Å². The molecule has 0 aromatic heterocycles. The summed E-state index contributed by atoms with van der Waals surface area (Å²) in [7, 11) is 0. The minimum atomic E-state index is -0.227. The predicted octanol–water partition coefficient (Wildman–Crippen LogP) is 3.94. The molecule has 2 aromatic rings. The van der Waals surface area contributed by atoms with Gasteiger partial charge in [0.25, 0.3) is 5.91 Å². The van der Waals surface area contributed by atoms with Gasteiger partial charge in [0, 0.05) is 5.69 Å². The zero-order valence-corrected chi connectivity index (χ0v) is 13.6. The van der Waals surface area contributed by atoms with E-state index in [-0.39, 0.29) is 12.5 Å². The molecule has 4 nitrogen and oxygen atoms in total. The molecule has 0 saturated heterocycles. The highest BCUT2D eigenvalue weighted by atomic mass is 16.6. The highest BCUT2D eigenvalue weighted by molar-refractivity contribution is 5.91. The summed E-state index contributed by atoms with van der Waals surface area (Å²) in [5, 5.41) is 6.62. The smallest absolute Gasteiger partial charge is 0.265 e. The number of rotatable bonds is 7. The summed E-state index contributed by atoms with van der Waals surface area (Å²) in [4.78, 5) is 16.8. The van der Waals surface area contributed by atoms with Crippen LogP contribution in [0.4, 0.5) is 5.69 Å². The number of oxime groups is 1. The van der Waals surface area contributed by atoms with Crippen LogP contribution in [0.1, 0.15) is 30.0 Å². The molecule has 0 saturated carbocycles. The Kier molecular flexibility index (Phi) is 6.36. The van der Waals surface area contributed by atoms with Gasteiger partial charge in [-0.15, -0.1) is 0 Å². The minimum absolute atomic E-state index is 0.112. The summed E-state index contributed by atoms with van der Waals surface area (Å²) in [6.07, 6.45) is 3.77. The van der Waals surface area contributed by atoms with E-state index in [1.54, 1.807) is 6.21 Å². The Balaban J connectivity index is 1.78. The Morgan fingerprint density at radius 1 is 1.17 bits per heavy atom. The summed E-state index contributed by atoms with van der Waals surface area (Å²) >= 11 is 0. The van der Waals surface area contributed by atoms with Gasteiger partial charge in [-0.3, -0.25) is 4.79 Å². The van der Waals surface area contributed by atoms with Crippen molar-refractivity contribution in [2.45, 2.75) is 26.7 Å². The lowest BCUT2D eigenvalue weighted by Gasteiger charge is -2.05. The molecular formula is C19H22N2O2. The average Bonchev–Trinajstić information content (AvgIpc) is 2.55. The molecule has 0 fully saturated rings. The first-order valence-corrected chi connectivity index (χ1v) is 7.79. The molecule has 0 atom stereocenters. The van der Waals surface area contributed by atoms with E-state index >= 15 is 0 Å². The van der Waals surface area contributed by atoms with Crippen LogP contribution in [0.15, 0.2) is 53.7 Å². The molecule has 120 valence electrons. The van der Waals surface area contributed by atoms with E-state index in [0.29, 0.717) is 0 Å². The van der Waals surface area contributed by atoms with E-state index in [1.807, 2.05) is 55.5 Å². The second-order valence-electron chi connectivity index (χ2n) is 5.36. The molecule has 2 rings (SSSR count). The van der Waals surface area contributed by atoms with Crippen molar-refractivity contribution in [1.82, 2.24) is 0 Å². The monoisotopic (exact) mass is 310 g/mol. The maximum Gasteiger partial charge on any atom is 0.265 e. The van der Waals surface area contributed by atoms with Gasteiger partial charge >= 0.3 is 0 Å². The standard InChI is InChI=1S/C19H22N2O2/c1-3-6-16-9-11-18(12-10-16)21-19(22)14-23-20-13-17-8-5-4-7-15(17)2/h4-5,7-13H,3,6,14H2,1-2H3,(H,21,22)/b20-13+. The third-order valence-electron chi connectivity index (χ3n) is 3.43. The molecule has 1 N–H and O–H groups in total. The normalized spacial score (nSPS) is 10.7. The van der Waals surface area contributed by atoms with Crippen LogP contribution >= 0.6 is 0 Å². The van der Waals surface area contributed by atoms with Gasteiger partial charge in [0.1, 0.15) is 0 Å². The van der Waals surface area contributed by atoms with Crippen LogP contribution in [0.25, 0.3) is 0 Å². The van der Waals surface area contributed by atoms with Crippen molar-refractivity contribution in [3.05, 3.63) is 65.2 Å². The molecular weight excluding hydrogens is 288 g/mol. The third kappa shape index (κ3) is 5.58. The number of amides is 1. The van der Waals surface area contributed by atoms with Crippen molar-refractivity contribution in [1.29, 1.82) is 0 Å². The summed E-state index contributed by atoms with van der Waals surface area (Å²) in [6, 6.07) is 15.7. The van der Waals surface area contributed by atoms with E-state index in [2.05, 4.69) is 17.4 Å². The second-order valence-corrected chi connectivity index (χ2v) is 5.36. The fraction of sp³-hybridized carbons (Fsp3) is 0.263. The molecule has 23 heavy (non-hydrogen) atoms. The molecule has 0 heterocycles. The molecule has 0 aliphatic heterocycles. The Bertz CT molecular complexity index is 663. The summed E-state index contributed by atoms with van der Waals surface area (Å²) < 4.78 is 0. The van der Waals surface area contributed by atoms with E-state index in [4.69, 9.17) is 4.84 Å². The van der Waals surface area contributed by atoms with Gasteiger partial charge in [-0.2, -0.15) is 0 Å². The van der Waals surface area contributed by atoms with Gasteiger partial charge in [0.2, 0.25) is 0 Å². The second kappa shape index (κ2) is 8.73. The Hall–Kier alpha value is -2.62. The summed E-state index contributed by atoms with van der Waals surface area (Å²) in [6.45, 7) is 4.03. The SMILES string of the molecule is CCCc1ccc(NC(=O)CO/N=C/c2ccccc2C)cc1. The van der Waals surface area contributed by atoms with Crippen LogP contribution in [0.5, 0.6) is 0 Å². The molecule has 0 aliphatic rings. The predicted molar refractivity (Wildman–Crippen MR) is 93.8 cm³/mol. The van der Waals surface area contributed by atoms with Crippen LogP contribution < -0.4 is 5.32 Å². The van der Waals surface area contributed by atoms with Crippen molar-refractivity contribution in [3.8, 4) is 0 Å². The number of aryl methyl sites for hydroxylation is 2. The van der Waals surface area contributed by atoms with E-state index in [0.717, 1.165) is 29.7 Å². The zero-order chi connectivity index (χ0) is 16.5. The van der Waals surface area contributed by atoms with Gasteiger partial charge < -0.3 is 10.2 Å². The first-order valence-electron chi connectivity index (χ1n) is 7.79. The first kappa shape index (κ1) is 16.7. The molecule has 0 radical (unpaired) electrons. The first-order chi connectivity index (χ1) is 11.2. The number of nitrogens with one attached hydrogen (secondary N) is 1. The van der Waals surface area contributed by atoms with Gasteiger partial charge in [0.15, 0.2) is 6.61 Å². The maximum atomic E-state index is 11.8. The zero-order valence-electron chi connectivity index (χ0n) is 13.6. The molecule has 4 heteroatoms. The number of anilines is 1. The van der Waals surface area contributed by atoms with Crippen molar-refractivity contribution < 1.29 is 9.63 Å². The van der Waals surface area contributed by atoms with Gasteiger partial charge in [-0.05, 0) is 42.2 Å². The summed E-state index contributed by atoms with van der Waals surface area (Å²) in [5.41, 5.74) is 4.11. The number of carbonyl (C=O) groups is 1. The number of benzene rings is 2. The molecule has 2 aromatic carbocycles. The van der Waals surface area contributed by atoms with Crippen LogP contribution in [0.3, 0.4) is 0 Å². The number of hydrogen-bond donors (Lipinski definition) is 1. The van der Waals surface area contributed by atoms with Crippen LogP contribution in [0, 0.1) is 6.92 Å². The minimum Gasteiger partial charge on any atom is -0.386 e. The fourth-order valence-corrected chi connectivity index (χ4v) is 2.16. The molecule has 0 unspecified atom stereocenters. The fourth-order valence-electron chi connectivity index (χ4n) is 2.16. The van der Waals surface area contributed by atoms with E-state index in [1.165, 1.54) is 5.56 Å². The van der Waals surface area contributed by atoms with Crippen molar-refractivity contribution in [3.63, 3.8) is 0 Å². The molecule has 0 spiro atoms. The Morgan fingerprint density at radius 2 is 1.91 bits per heavy atom. The largest absolute Gasteiger partial charge is 0.386 e. The molecule has 1 amide bonds. The summed E-state index contributed by atoms with van der Waals surface area (Å²) in [5.74, 6) is -0.227. The third-order valence-corrected chi connectivity index (χ3v) is 3.43. The van der Waals surface area contributed by atoms with Crippen molar-refractivity contribution in [2.75, 3.05) is 11.9 Å². The number of carbonyl (C=O) groups excluding carboxylic acids is 1. The molecule has 0 bridgehead atoms. The highest BCUT2D eigenvalue weighted by Gasteiger charge is 2.02. The lowest BCUT2D eigenvalue weighted by Crippen LogP contribution is -2.16. The van der Waals surface area contributed by atoms with Gasteiger partial charge in [-0.25, -0.2) is 0 Å². The van der Waals surface area contributed by atoms with Gasteiger partial charge in [0.05, 0.1) is 6.21 Å². The number of nitrogens with zero attached hydrogens (tertiary/aromatic N) is 1. The Morgan fingerprint density at radius 3 is 2.61 bits per heavy atom. The maximum absolute atomic E-state index is 11.8. The van der Waals surface area contributed by atoms with E-state index < -0.39 is 0 Å². The van der Waals surface area contributed by atoms with E-state index in [9.17, 15) is 4.79 Å². The van der Waals surface area contributed by atoms with Crippen LogP contribution in [0.2, 0.25) is 0 Å². The van der Waals surface area contributed by atoms with Crippen molar-refractivity contribution in [2.24, 2.45) is 5.16 Å². The van der Waals surface area contributed by atoms with Gasteiger partial charge in [-0.1, -0.05) is 54.9 Å².